The van der Waals surface area contributed by atoms with Gasteiger partial charge in [0.25, 0.3) is 0 Å². The number of rotatable bonds is 8. The predicted octanol–water partition coefficient (Wildman–Crippen LogP) is 2.13. The fraction of sp³-hybridized carbons (Fsp3) is 0.938. The summed E-state index contributed by atoms with van der Waals surface area (Å²) in [6.45, 7) is 10.5. The summed E-state index contributed by atoms with van der Waals surface area (Å²) in [7, 11) is 0. The molecule has 0 aromatic carbocycles. The molecule has 0 aromatic rings. The van der Waals surface area contributed by atoms with Crippen molar-refractivity contribution in [1.82, 2.24) is 10.2 Å². The van der Waals surface area contributed by atoms with Crippen molar-refractivity contribution >= 4 is 5.91 Å². The monoisotopic (exact) mass is 283 g/mol. The van der Waals surface area contributed by atoms with E-state index in [0.29, 0.717) is 13.0 Å². The highest BCUT2D eigenvalue weighted by molar-refractivity contribution is 5.76. The number of hydrogen-bond acceptors (Lipinski definition) is 3. The molecule has 0 spiro atoms. The van der Waals surface area contributed by atoms with Crippen molar-refractivity contribution in [2.45, 2.75) is 65.3 Å². The Balaban J connectivity index is 2.20. The molecule has 1 heterocycles. The molecule has 1 unspecified atom stereocenters. The third kappa shape index (κ3) is 7.25. The summed E-state index contributed by atoms with van der Waals surface area (Å²) in [6.07, 6.45) is 6.45. The Bertz CT molecular complexity index is 285. The first-order valence-electron chi connectivity index (χ1n) is 8.15. The second-order valence-corrected chi connectivity index (χ2v) is 7.03. The van der Waals surface area contributed by atoms with Crippen LogP contribution in [0.4, 0.5) is 0 Å². The topological polar surface area (TPSA) is 58.4 Å². The van der Waals surface area contributed by atoms with Crippen LogP contribution in [0.25, 0.3) is 0 Å². The molecule has 118 valence electrons. The Labute approximate surface area is 124 Å². The Kier molecular flexibility index (Phi) is 7.52. The Morgan fingerprint density at radius 1 is 1.25 bits per heavy atom. The number of nitrogens with one attached hydrogen (secondary N) is 1. The molecular weight excluding hydrogens is 250 g/mol. The van der Waals surface area contributed by atoms with E-state index in [1.165, 1.54) is 32.4 Å². The van der Waals surface area contributed by atoms with Crippen LogP contribution in [-0.4, -0.2) is 43.0 Å². The van der Waals surface area contributed by atoms with E-state index in [1.807, 2.05) is 0 Å². The van der Waals surface area contributed by atoms with E-state index < -0.39 is 0 Å². The molecule has 1 atom stereocenters. The van der Waals surface area contributed by atoms with Crippen LogP contribution < -0.4 is 11.1 Å². The molecule has 3 N–H and O–H groups in total. The summed E-state index contributed by atoms with van der Waals surface area (Å²) < 4.78 is 0. The molecule has 1 aliphatic rings. The van der Waals surface area contributed by atoms with Crippen LogP contribution in [0.2, 0.25) is 0 Å². The van der Waals surface area contributed by atoms with E-state index in [2.05, 4.69) is 31.0 Å². The molecule has 4 heteroatoms. The van der Waals surface area contributed by atoms with Gasteiger partial charge in [0.15, 0.2) is 0 Å². The average Bonchev–Trinajstić information content (AvgIpc) is 2.37. The van der Waals surface area contributed by atoms with Gasteiger partial charge in [-0.25, -0.2) is 0 Å². The van der Waals surface area contributed by atoms with Crippen molar-refractivity contribution in [3.8, 4) is 0 Å². The van der Waals surface area contributed by atoms with Gasteiger partial charge in [0.1, 0.15) is 0 Å². The van der Waals surface area contributed by atoms with Crippen LogP contribution in [0.15, 0.2) is 0 Å². The van der Waals surface area contributed by atoms with Crippen LogP contribution in [0.5, 0.6) is 0 Å². The molecule has 1 aliphatic heterocycles. The van der Waals surface area contributed by atoms with Gasteiger partial charge in [-0.2, -0.15) is 0 Å². The Morgan fingerprint density at radius 3 is 2.50 bits per heavy atom. The SMILES string of the molecule is CC(CN1CCCCC1)NC(=O)CCC(C)(C)CCN. The molecule has 0 saturated carbocycles. The molecular formula is C16H33N3O. The number of piperidine rings is 1. The van der Waals surface area contributed by atoms with Crippen molar-refractivity contribution in [2.24, 2.45) is 11.1 Å². The van der Waals surface area contributed by atoms with Crippen LogP contribution in [0.3, 0.4) is 0 Å². The molecule has 0 radical (unpaired) electrons. The largest absolute Gasteiger partial charge is 0.352 e. The first-order valence-corrected chi connectivity index (χ1v) is 8.15. The number of nitrogens with zero attached hydrogens (tertiary/aromatic N) is 1. The lowest BCUT2D eigenvalue weighted by Gasteiger charge is -2.29. The smallest absolute Gasteiger partial charge is 0.220 e. The maximum absolute atomic E-state index is 12.0. The lowest BCUT2D eigenvalue weighted by atomic mass is 9.84. The molecule has 4 nitrogen and oxygen atoms in total. The number of likely N-dealkylation sites (tertiary alicyclic amines) is 1. The van der Waals surface area contributed by atoms with Gasteiger partial charge in [-0.3, -0.25) is 4.79 Å². The molecule has 0 bridgehead atoms. The predicted molar refractivity (Wildman–Crippen MR) is 84.6 cm³/mol. The summed E-state index contributed by atoms with van der Waals surface area (Å²) >= 11 is 0. The first-order chi connectivity index (χ1) is 9.43. The normalized spacial score (nSPS) is 18.8. The highest BCUT2D eigenvalue weighted by Crippen LogP contribution is 2.25. The van der Waals surface area contributed by atoms with Crippen LogP contribution in [0.1, 0.15) is 59.3 Å². The number of amides is 1. The van der Waals surface area contributed by atoms with E-state index in [0.717, 1.165) is 19.4 Å². The van der Waals surface area contributed by atoms with Crippen molar-refractivity contribution in [1.29, 1.82) is 0 Å². The van der Waals surface area contributed by atoms with E-state index in [-0.39, 0.29) is 17.4 Å². The van der Waals surface area contributed by atoms with Crippen LogP contribution in [-0.2, 0) is 4.79 Å². The minimum atomic E-state index is 0.169. The minimum Gasteiger partial charge on any atom is -0.352 e. The second kappa shape index (κ2) is 8.63. The van der Waals surface area contributed by atoms with Gasteiger partial charge in [0.2, 0.25) is 5.91 Å². The van der Waals surface area contributed by atoms with Gasteiger partial charge < -0.3 is 16.0 Å². The second-order valence-electron chi connectivity index (χ2n) is 7.03. The molecule has 1 saturated heterocycles. The van der Waals surface area contributed by atoms with Crippen molar-refractivity contribution in [2.75, 3.05) is 26.2 Å². The summed E-state index contributed by atoms with van der Waals surface area (Å²) in [6, 6.07) is 0.248. The van der Waals surface area contributed by atoms with Crippen molar-refractivity contribution in [3.05, 3.63) is 0 Å². The van der Waals surface area contributed by atoms with Crippen LogP contribution in [0, 0.1) is 5.41 Å². The van der Waals surface area contributed by atoms with E-state index >= 15 is 0 Å². The molecule has 1 rings (SSSR count). The van der Waals surface area contributed by atoms with Gasteiger partial charge >= 0.3 is 0 Å². The van der Waals surface area contributed by atoms with Gasteiger partial charge in [0.05, 0.1) is 0 Å². The molecule has 0 aliphatic carbocycles. The van der Waals surface area contributed by atoms with Gasteiger partial charge in [0, 0.05) is 19.0 Å². The fourth-order valence-corrected chi connectivity index (χ4v) is 2.89. The van der Waals surface area contributed by atoms with Gasteiger partial charge in [-0.15, -0.1) is 0 Å². The lowest BCUT2D eigenvalue weighted by molar-refractivity contribution is -0.122. The van der Waals surface area contributed by atoms with Gasteiger partial charge in [-0.1, -0.05) is 20.3 Å². The number of carbonyl (C=O) groups excluding carboxylic acids is 1. The van der Waals surface area contributed by atoms with E-state index in [4.69, 9.17) is 5.73 Å². The lowest BCUT2D eigenvalue weighted by Crippen LogP contribution is -2.43. The van der Waals surface area contributed by atoms with E-state index in [1.54, 1.807) is 0 Å². The summed E-state index contributed by atoms with van der Waals surface area (Å²) in [5.74, 6) is 0.180. The highest BCUT2D eigenvalue weighted by atomic mass is 16.1. The fourth-order valence-electron chi connectivity index (χ4n) is 2.89. The Morgan fingerprint density at radius 2 is 1.90 bits per heavy atom. The highest BCUT2D eigenvalue weighted by Gasteiger charge is 2.19. The summed E-state index contributed by atoms with van der Waals surface area (Å²) in [4.78, 5) is 14.5. The maximum Gasteiger partial charge on any atom is 0.220 e. The quantitative estimate of drug-likeness (QED) is 0.717. The number of hydrogen-bond donors (Lipinski definition) is 2. The van der Waals surface area contributed by atoms with Crippen LogP contribution >= 0.6 is 0 Å². The zero-order valence-electron chi connectivity index (χ0n) is 13.6. The third-order valence-electron chi connectivity index (χ3n) is 4.24. The van der Waals surface area contributed by atoms with Crippen molar-refractivity contribution < 1.29 is 4.79 Å². The number of carbonyl (C=O) groups is 1. The zero-order valence-corrected chi connectivity index (χ0v) is 13.6. The van der Waals surface area contributed by atoms with Gasteiger partial charge in [-0.05, 0) is 57.7 Å². The minimum absolute atomic E-state index is 0.169. The summed E-state index contributed by atoms with van der Waals surface area (Å²) in [5.41, 5.74) is 5.77. The Hall–Kier alpha value is -0.610. The standard InChI is InChI=1S/C16H33N3O/c1-14(13-19-11-5-4-6-12-19)18-15(20)7-8-16(2,3)9-10-17/h14H,4-13,17H2,1-3H3,(H,18,20). The average molecular weight is 283 g/mol. The molecule has 20 heavy (non-hydrogen) atoms. The summed E-state index contributed by atoms with van der Waals surface area (Å²) in [5, 5.41) is 3.13. The maximum atomic E-state index is 12.0. The number of nitrogens with two attached hydrogens (primary N) is 1. The van der Waals surface area contributed by atoms with Crippen molar-refractivity contribution in [3.63, 3.8) is 0 Å². The molecule has 1 amide bonds. The molecule has 0 aromatic heterocycles. The first kappa shape index (κ1) is 17.4. The van der Waals surface area contributed by atoms with E-state index in [9.17, 15) is 4.79 Å². The molecule has 1 fully saturated rings. The zero-order chi connectivity index (χ0) is 15.0. The third-order valence-corrected chi connectivity index (χ3v) is 4.24.